The number of esters is 1. The monoisotopic (exact) mass is 323 g/mol. The molecule has 1 heterocycles. The molecule has 1 amide bonds. The lowest BCUT2D eigenvalue weighted by Gasteiger charge is -2.33. The Morgan fingerprint density at radius 2 is 1.71 bits per heavy atom. The lowest BCUT2D eigenvalue weighted by Crippen LogP contribution is -2.42. The second-order valence-corrected chi connectivity index (χ2v) is 6.10. The molecule has 1 aliphatic heterocycles. The molecule has 0 spiro atoms. The summed E-state index contributed by atoms with van der Waals surface area (Å²) in [5.41, 5.74) is 3.14. The molecule has 0 bridgehead atoms. The van der Waals surface area contributed by atoms with Crippen LogP contribution in [0, 0.1) is 6.92 Å². The molecule has 0 N–H and O–H groups in total. The van der Waals surface area contributed by atoms with Crippen molar-refractivity contribution in [1.29, 1.82) is 0 Å². The van der Waals surface area contributed by atoms with Gasteiger partial charge in [0.25, 0.3) is 0 Å². The van der Waals surface area contributed by atoms with E-state index in [1.807, 2.05) is 61.5 Å². The Balaban J connectivity index is 2.08. The zero-order valence-corrected chi connectivity index (χ0v) is 13.9. The Hall–Kier alpha value is -2.62. The van der Waals surface area contributed by atoms with Gasteiger partial charge in [0.15, 0.2) is 0 Å². The maximum Gasteiger partial charge on any atom is 0.328 e. The minimum atomic E-state index is -0.533. The molecule has 2 aromatic carbocycles. The van der Waals surface area contributed by atoms with Gasteiger partial charge in [0, 0.05) is 6.42 Å². The molecule has 2 atom stereocenters. The molecule has 124 valence electrons. The molecule has 0 saturated carbocycles. The zero-order chi connectivity index (χ0) is 17.1. The molecule has 1 saturated heterocycles. The van der Waals surface area contributed by atoms with Crippen molar-refractivity contribution in [3.63, 3.8) is 0 Å². The third-order valence-corrected chi connectivity index (χ3v) is 4.52. The highest BCUT2D eigenvalue weighted by atomic mass is 16.5. The molecule has 0 aliphatic carbocycles. The van der Waals surface area contributed by atoms with Crippen molar-refractivity contribution < 1.29 is 14.3 Å². The molecule has 1 aliphatic rings. The first kappa shape index (κ1) is 16.2. The van der Waals surface area contributed by atoms with E-state index in [0.29, 0.717) is 12.8 Å². The van der Waals surface area contributed by atoms with Crippen LogP contribution < -0.4 is 0 Å². The number of hydrogen-bond donors (Lipinski definition) is 0. The summed E-state index contributed by atoms with van der Waals surface area (Å²) >= 11 is 0. The Bertz CT molecular complexity index is 724. The number of amides is 1. The quantitative estimate of drug-likeness (QED) is 0.812. The second kappa shape index (κ2) is 6.87. The number of aryl methyl sites for hydroxylation is 1. The number of methoxy groups -OCH3 is 1. The number of rotatable bonds is 4. The summed E-state index contributed by atoms with van der Waals surface area (Å²) in [6.07, 6.45) is 0.871. The van der Waals surface area contributed by atoms with E-state index in [4.69, 9.17) is 4.74 Å². The average Bonchev–Trinajstić information content (AvgIpc) is 2.99. The molecule has 0 radical (unpaired) electrons. The predicted octanol–water partition coefficient (Wildman–Crippen LogP) is 3.25. The van der Waals surface area contributed by atoms with Crippen LogP contribution in [-0.4, -0.2) is 29.9 Å². The third kappa shape index (κ3) is 3.04. The number of hydrogen-bond acceptors (Lipinski definition) is 3. The summed E-state index contributed by atoms with van der Waals surface area (Å²) in [6.45, 7) is 2.03. The van der Waals surface area contributed by atoms with Crippen molar-refractivity contribution in [3.05, 3.63) is 71.3 Å². The standard InChI is InChI=1S/C20H21NO3/c1-14-8-10-16(11-9-14)19(15-6-4-3-5-7-15)21-17(20(23)24-2)12-13-18(21)22/h3-11,17,19H,12-13H2,1-2H3. The minimum absolute atomic E-state index is 0.0140. The van der Waals surface area contributed by atoms with Crippen LogP contribution in [0.5, 0.6) is 0 Å². The molecule has 1 fully saturated rings. The molecular formula is C20H21NO3. The van der Waals surface area contributed by atoms with Crippen molar-refractivity contribution >= 4 is 11.9 Å². The maximum atomic E-state index is 12.6. The fourth-order valence-corrected chi connectivity index (χ4v) is 3.29. The summed E-state index contributed by atoms with van der Waals surface area (Å²) in [5.74, 6) is -0.367. The predicted molar refractivity (Wildman–Crippen MR) is 91.3 cm³/mol. The van der Waals surface area contributed by atoms with Gasteiger partial charge in [0.05, 0.1) is 13.2 Å². The molecular weight excluding hydrogens is 302 g/mol. The number of carbonyl (C=O) groups is 2. The highest BCUT2D eigenvalue weighted by Crippen LogP contribution is 2.35. The number of carbonyl (C=O) groups excluding carboxylic acids is 2. The van der Waals surface area contributed by atoms with E-state index in [0.717, 1.165) is 16.7 Å². The van der Waals surface area contributed by atoms with Crippen LogP contribution in [0.1, 0.15) is 35.6 Å². The Kier molecular flexibility index (Phi) is 4.65. The van der Waals surface area contributed by atoms with Gasteiger partial charge in [-0.2, -0.15) is 0 Å². The van der Waals surface area contributed by atoms with Crippen LogP contribution in [0.3, 0.4) is 0 Å². The van der Waals surface area contributed by atoms with Crippen LogP contribution in [0.15, 0.2) is 54.6 Å². The first-order valence-electron chi connectivity index (χ1n) is 8.12. The lowest BCUT2D eigenvalue weighted by atomic mass is 9.95. The van der Waals surface area contributed by atoms with Crippen LogP contribution in [-0.2, 0) is 14.3 Å². The number of benzene rings is 2. The summed E-state index contributed by atoms with van der Waals surface area (Å²) in [7, 11) is 1.37. The Morgan fingerprint density at radius 3 is 2.33 bits per heavy atom. The fraction of sp³-hybridized carbons (Fsp3) is 0.300. The highest BCUT2D eigenvalue weighted by molar-refractivity contribution is 5.89. The first-order chi connectivity index (χ1) is 11.6. The summed E-state index contributed by atoms with van der Waals surface area (Å²) in [6, 6.07) is 17.1. The van der Waals surface area contributed by atoms with Gasteiger partial charge in [-0.3, -0.25) is 4.79 Å². The van der Waals surface area contributed by atoms with E-state index >= 15 is 0 Å². The molecule has 4 nitrogen and oxygen atoms in total. The summed E-state index contributed by atoms with van der Waals surface area (Å²) in [4.78, 5) is 26.4. The largest absolute Gasteiger partial charge is 0.467 e. The average molecular weight is 323 g/mol. The normalized spacial score (nSPS) is 18.5. The van der Waals surface area contributed by atoms with Gasteiger partial charge in [0.1, 0.15) is 6.04 Å². The Labute approximate surface area is 142 Å². The smallest absolute Gasteiger partial charge is 0.328 e. The van der Waals surface area contributed by atoms with Crippen molar-refractivity contribution in [1.82, 2.24) is 4.90 Å². The molecule has 0 aromatic heterocycles. The molecule has 24 heavy (non-hydrogen) atoms. The fourth-order valence-electron chi connectivity index (χ4n) is 3.29. The lowest BCUT2D eigenvalue weighted by molar-refractivity contribution is -0.150. The van der Waals surface area contributed by atoms with Crippen molar-refractivity contribution in [2.24, 2.45) is 0 Å². The Morgan fingerprint density at radius 1 is 1.08 bits per heavy atom. The van der Waals surface area contributed by atoms with E-state index < -0.39 is 6.04 Å². The number of ether oxygens (including phenoxy) is 1. The number of likely N-dealkylation sites (tertiary alicyclic amines) is 1. The van der Waals surface area contributed by atoms with Crippen LogP contribution in [0.2, 0.25) is 0 Å². The van der Waals surface area contributed by atoms with Crippen molar-refractivity contribution in [2.75, 3.05) is 7.11 Å². The molecule has 3 rings (SSSR count). The van der Waals surface area contributed by atoms with Gasteiger partial charge in [-0.05, 0) is 24.5 Å². The van der Waals surface area contributed by atoms with Crippen LogP contribution in [0.4, 0.5) is 0 Å². The van der Waals surface area contributed by atoms with Crippen molar-refractivity contribution in [2.45, 2.75) is 31.8 Å². The summed E-state index contributed by atoms with van der Waals surface area (Å²) < 4.78 is 4.92. The van der Waals surface area contributed by atoms with Gasteiger partial charge in [-0.1, -0.05) is 60.2 Å². The molecule has 2 unspecified atom stereocenters. The van der Waals surface area contributed by atoms with E-state index in [1.54, 1.807) is 4.90 Å². The topological polar surface area (TPSA) is 46.6 Å². The second-order valence-electron chi connectivity index (χ2n) is 6.10. The maximum absolute atomic E-state index is 12.6. The molecule has 4 heteroatoms. The first-order valence-corrected chi connectivity index (χ1v) is 8.12. The van der Waals surface area contributed by atoms with Crippen LogP contribution in [0.25, 0.3) is 0 Å². The van der Waals surface area contributed by atoms with Gasteiger partial charge in [-0.15, -0.1) is 0 Å². The van der Waals surface area contributed by atoms with E-state index in [-0.39, 0.29) is 17.9 Å². The summed E-state index contributed by atoms with van der Waals surface area (Å²) in [5, 5.41) is 0. The van der Waals surface area contributed by atoms with E-state index in [2.05, 4.69) is 0 Å². The highest BCUT2D eigenvalue weighted by Gasteiger charge is 2.42. The molecule has 2 aromatic rings. The van der Waals surface area contributed by atoms with Crippen molar-refractivity contribution in [3.8, 4) is 0 Å². The SMILES string of the molecule is COC(=O)C1CCC(=O)N1C(c1ccccc1)c1ccc(C)cc1. The number of nitrogens with zero attached hydrogens (tertiary/aromatic N) is 1. The van der Waals surface area contributed by atoms with Gasteiger partial charge in [-0.25, -0.2) is 4.79 Å². The third-order valence-electron chi connectivity index (χ3n) is 4.52. The van der Waals surface area contributed by atoms with Gasteiger partial charge in [0.2, 0.25) is 5.91 Å². The van der Waals surface area contributed by atoms with Gasteiger partial charge >= 0.3 is 5.97 Å². The van der Waals surface area contributed by atoms with Crippen LogP contribution >= 0.6 is 0 Å². The zero-order valence-electron chi connectivity index (χ0n) is 13.9. The minimum Gasteiger partial charge on any atom is -0.467 e. The van der Waals surface area contributed by atoms with E-state index in [1.165, 1.54) is 7.11 Å². The van der Waals surface area contributed by atoms with Gasteiger partial charge < -0.3 is 9.64 Å². The van der Waals surface area contributed by atoms with E-state index in [9.17, 15) is 9.59 Å².